The molecule has 0 radical (unpaired) electrons. The molecule has 0 atom stereocenters. The number of rotatable bonds is 2. The fourth-order valence-electron chi connectivity index (χ4n) is 2.88. The van der Waals surface area contributed by atoms with Gasteiger partial charge in [-0.15, -0.1) is 0 Å². The monoisotopic (exact) mass is 255 g/mol. The second-order valence-electron chi connectivity index (χ2n) is 4.96. The summed E-state index contributed by atoms with van der Waals surface area (Å²) in [6.45, 7) is 1.68. The molecule has 1 aliphatic heterocycles. The van der Waals surface area contributed by atoms with Crippen LogP contribution in [0, 0.1) is 5.92 Å². The van der Waals surface area contributed by atoms with Crippen molar-refractivity contribution >= 4 is 5.91 Å². The van der Waals surface area contributed by atoms with Crippen LogP contribution >= 0.6 is 0 Å². The zero-order valence-corrected chi connectivity index (χ0v) is 10.4. The van der Waals surface area contributed by atoms with E-state index in [1.807, 2.05) is 4.90 Å². The summed E-state index contributed by atoms with van der Waals surface area (Å²) in [6, 6.07) is 0. The molecule has 5 N–H and O–H groups in total. The summed E-state index contributed by atoms with van der Waals surface area (Å²) in [6.07, 6.45) is 8.38. The lowest BCUT2D eigenvalue weighted by molar-refractivity contribution is 0.0732. The Morgan fingerprint density at radius 3 is 2.67 bits per heavy atom. The number of fused-ring (bicyclic) bond motifs is 1. The van der Waals surface area contributed by atoms with Crippen molar-refractivity contribution in [2.45, 2.75) is 38.6 Å². The third kappa shape index (κ3) is 2.54. The Morgan fingerprint density at radius 1 is 1.28 bits per heavy atom. The number of nitrogens with one attached hydrogen (secondary N) is 1. The lowest BCUT2D eigenvalue weighted by Crippen LogP contribution is -2.31. The fraction of sp³-hybridized carbons (Fsp3) is 0.667. The number of aromatic nitrogens is 2. The van der Waals surface area contributed by atoms with E-state index in [0.29, 0.717) is 5.69 Å². The minimum Gasteiger partial charge on any atom is -0.412 e. The summed E-state index contributed by atoms with van der Waals surface area (Å²) in [5.41, 5.74) is 1.76. The van der Waals surface area contributed by atoms with Gasteiger partial charge in [0.15, 0.2) is 0 Å². The Labute approximate surface area is 106 Å². The molecule has 0 unspecified atom stereocenters. The molecule has 2 heterocycles. The highest BCUT2D eigenvalue weighted by Gasteiger charge is 2.30. The molecule has 18 heavy (non-hydrogen) atoms. The molecule has 6 nitrogen and oxygen atoms in total. The van der Waals surface area contributed by atoms with E-state index in [0.717, 1.165) is 24.6 Å². The van der Waals surface area contributed by atoms with Crippen molar-refractivity contribution in [3.05, 3.63) is 17.5 Å². The minimum absolute atomic E-state index is 0. The Kier molecular flexibility index (Phi) is 4.86. The zero-order chi connectivity index (χ0) is 11.0. The molecule has 1 fully saturated rings. The van der Waals surface area contributed by atoms with Gasteiger partial charge in [0.1, 0.15) is 5.69 Å². The van der Waals surface area contributed by atoms with Gasteiger partial charge in [-0.25, -0.2) is 0 Å². The van der Waals surface area contributed by atoms with E-state index in [9.17, 15) is 4.79 Å². The fourth-order valence-corrected chi connectivity index (χ4v) is 2.88. The molecule has 6 heteroatoms. The topological polar surface area (TPSA) is 112 Å². The quantitative estimate of drug-likeness (QED) is 0.819. The second-order valence-corrected chi connectivity index (χ2v) is 4.96. The summed E-state index contributed by atoms with van der Waals surface area (Å²) >= 11 is 0. The molecule has 1 aliphatic carbocycles. The SMILES string of the molecule is O.O.O=C1c2[nH]ncc2CN1CC1CCCCC1. The number of aromatic amines is 1. The van der Waals surface area contributed by atoms with Crippen molar-refractivity contribution in [1.29, 1.82) is 0 Å². The Morgan fingerprint density at radius 2 is 2.00 bits per heavy atom. The first kappa shape index (κ1) is 14.7. The maximum Gasteiger partial charge on any atom is 0.272 e. The molecule has 0 bridgehead atoms. The van der Waals surface area contributed by atoms with Gasteiger partial charge in [-0.2, -0.15) is 5.10 Å². The van der Waals surface area contributed by atoms with Crippen molar-refractivity contribution in [2.24, 2.45) is 5.92 Å². The van der Waals surface area contributed by atoms with Gasteiger partial charge >= 0.3 is 0 Å². The molecule has 3 rings (SSSR count). The van der Waals surface area contributed by atoms with Gasteiger partial charge in [-0.1, -0.05) is 19.3 Å². The van der Waals surface area contributed by atoms with Crippen LogP contribution in [0.3, 0.4) is 0 Å². The highest BCUT2D eigenvalue weighted by Crippen LogP contribution is 2.27. The standard InChI is InChI=1S/C12H17N3O.2H2O/c16-12-11-10(6-13-14-11)8-15(12)7-9-4-2-1-3-5-9;;/h6,9H,1-5,7-8H2,(H,13,14);2*1H2. The van der Waals surface area contributed by atoms with Crippen molar-refractivity contribution in [3.8, 4) is 0 Å². The number of nitrogens with zero attached hydrogens (tertiary/aromatic N) is 2. The third-order valence-corrected chi connectivity index (χ3v) is 3.78. The molecule has 0 spiro atoms. The smallest absolute Gasteiger partial charge is 0.272 e. The van der Waals surface area contributed by atoms with Gasteiger partial charge in [0, 0.05) is 18.7 Å². The first-order valence-electron chi connectivity index (χ1n) is 6.16. The highest BCUT2D eigenvalue weighted by atomic mass is 16.2. The maximum atomic E-state index is 12.0. The van der Waals surface area contributed by atoms with Gasteiger partial charge in [0.25, 0.3) is 5.91 Å². The van der Waals surface area contributed by atoms with E-state index in [2.05, 4.69) is 10.2 Å². The van der Waals surface area contributed by atoms with Crippen LogP contribution in [-0.2, 0) is 6.54 Å². The Hall–Kier alpha value is -1.40. The van der Waals surface area contributed by atoms with Crippen LogP contribution in [-0.4, -0.2) is 38.5 Å². The largest absolute Gasteiger partial charge is 0.412 e. The van der Waals surface area contributed by atoms with E-state index < -0.39 is 0 Å². The predicted octanol–water partition coefficient (Wildman–Crippen LogP) is 0.296. The summed E-state index contributed by atoms with van der Waals surface area (Å²) in [5.74, 6) is 0.854. The van der Waals surface area contributed by atoms with Crippen LogP contribution in [0.4, 0.5) is 0 Å². The van der Waals surface area contributed by atoms with Crippen molar-refractivity contribution in [3.63, 3.8) is 0 Å². The van der Waals surface area contributed by atoms with Gasteiger partial charge in [0.05, 0.1) is 6.20 Å². The van der Waals surface area contributed by atoms with Crippen LogP contribution in [0.1, 0.15) is 48.2 Å². The second kappa shape index (κ2) is 5.97. The lowest BCUT2D eigenvalue weighted by Gasteiger charge is -2.26. The molecule has 102 valence electrons. The molecule has 1 saturated carbocycles. The van der Waals surface area contributed by atoms with Gasteiger partial charge in [-0.05, 0) is 18.8 Å². The van der Waals surface area contributed by atoms with E-state index >= 15 is 0 Å². The van der Waals surface area contributed by atoms with Crippen LogP contribution in [0.25, 0.3) is 0 Å². The molecule has 0 aromatic carbocycles. The van der Waals surface area contributed by atoms with Gasteiger partial charge in [-0.3, -0.25) is 9.89 Å². The molecule has 0 saturated heterocycles. The summed E-state index contributed by atoms with van der Waals surface area (Å²) < 4.78 is 0. The summed E-state index contributed by atoms with van der Waals surface area (Å²) in [7, 11) is 0. The van der Waals surface area contributed by atoms with Crippen LogP contribution in [0.2, 0.25) is 0 Å². The predicted molar refractivity (Wildman–Crippen MR) is 67.1 cm³/mol. The van der Waals surface area contributed by atoms with Crippen LogP contribution < -0.4 is 0 Å². The average molecular weight is 255 g/mol. The van der Waals surface area contributed by atoms with E-state index in [-0.39, 0.29) is 16.9 Å². The number of hydrogen-bond acceptors (Lipinski definition) is 2. The number of amides is 1. The molecule has 1 amide bonds. The first-order valence-corrected chi connectivity index (χ1v) is 6.16. The normalized spacial score (nSPS) is 19.1. The number of carbonyl (C=O) groups excluding carboxylic acids is 1. The Balaban J connectivity index is 0.000000810. The van der Waals surface area contributed by atoms with E-state index in [1.54, 1.807) is 6.20 Å². The third-order valence-electron chi connectivity index (χ3n) is 3.78. The Bertz CT molecular complexity index is 399. The number of hydrogen-bond donors (Lipinski definition) is 1. The maximum absolute atomic E-state index is 12.0. The van der Waals surface area contributed by atoms with E-state index in [4.69, 9.17) is 0 Å². The highest BCUT2D eigenvalue weighted by molar-refractivity contribution is 5.96. The molecule has 1 aromatic heterocycles. The van der Waals surface area contributed by atoms with Gasteiger partial charge < -0.3 is 15.9 Å². The molecular weight excluding hydrogens is 234 g/mol. The van der Waals surface area contributed by atoms with E-state index in [1.165, 1.54) is 32.1 Å². The minimum atomic E-state index is 0. The number of carbonyl (C=O) groups is 1. The summed E-state index contributed by atoms with van der Waals surface area (Å²) in [4.78, 5) is 14.0. The lowest BCUT2D eigenvalue weighted by atomic mass is 9.89. The van der Waals surface area contributed by atoms with Crippen molar-refractivity contribution in [1.82, 2.24) is 15.1 Å². The molecular formula is C12H21N3O3. The van der Waals surface area contributed by atoms with Crippen molar-refractivity contribution < 1.29 is 15.7 Å². The molecule has 2 aliphatic rings. The zero-order valence-electron chi connectivity index (χ0n) is 10.4. The summed E-state index contributed by atoms with van der Waals surface area (Å²) in [5, 5.41) is 6.70. The average Bonchev–Trinajstić information content (AvgIpc) is 2.86. The van der Waals surface area contributed by atoms with Crippen LogP contribution in [0.5, 0.6) is 0 Å². The van der Waals surface area contributed by atoms with Crippen molar-refractivity contribution in [2.75, 3.05) is 6.54 Å². The first-order chi connectivity index (χ1) is 7.84. The van der Waals surface area contributed by atoms with Crippen LogP contribution in [0.15, 0.2) is 6.20 Å². The van der Waals surface area contributed by atoms with Gasteiger partial charge in [0.2, 0.25) is 0 Å². The number of H-pyrrole nitrogens is 1. The molecule has 1 aromatic rings.